The van der Waals surface area contributed by atoms with Crippen LogP contribution in [0, 0.1) is 6.92 Å². The van der Waals surface area contributed by atoms with Gasteiger partial charge in [-0.2, -0.15) is 0 Å². The third kappa shape index (κ3) is 4.12. The van der Waals surface area contributed by atoms with Gasteiger partial charge in [-0.15, -0.1) is 0 Å². The number of nitrogens with one attached hydrogen (secondary N) is 1. The quantitative estimate of drug-likeness (QED) is 0.867. The third-order valence-electron chi connectivity index (χ3n) is 3.72. The van der Waals surface area contributed by atoms with E-state index in [9.17, 15) is 0 Å². The van der Waals surface area contributed by atoms with Gasteiger partial charge < -0.3 is 10.1 Å². The Kier molecular flexibility index (Phi) is 5.53. The summed E-state index contributed by atoms with van der Waals surface area (Å²) in [5.41, 5.74) is 1.17. The minimum atomic E-state index is 0.250. The highest BCUT2D eigenvalue weighted by atomic mass is 35.5. The molecule has 0 saturated heterocycles. The molecule has 3 heteroatoms. The molecule has 1 aliphatic rings. The lowest BCUT2D eigenvalue weighted by molar-refractivity contribution is 0.114. The summed E-state index contributed by atoms with van der Waals surface area (Å²) in [6.45, 7) is 5.30. The minimum Gasteiger partial charge on any atom is -0.487 e. The first-order chi connectivity index (χ1) is 9.20. The Labute approximate surface area is 121 Å². The largest absolute Gasteiger partial charge is 0.487 e. The Hall–Kier alpha value is -0.730. The smallest absolute Gasteiger partial charge is 0.138 e. The normalized spacial score (nSPS) is 23.3. The Morgan fingerprint density at radius 3 is 2.84 bits per heavy atom. The van der Waals surface area contributed by atoms with E-state index in [0.717, 1.165) is 30.2 Å². The molecule has 1 saturated carbocycles. The van der Waals surface area contributed by atoms with Crippen molar-refractivity contribution in [3.63, 3.8) is 0 Å². The lowest BCUT2D eigenvalue weighted by Gasteiger charge is -2.33. The molecule has 106 valence electrons. The monoisotopic (exact) mass is 281 g/mol. The zero-order valence-electron chi connectivity index (χ0n) is 11.9. The average Bonchev–Trinajstić information content (AvgIpc) is 2.41. The van der Waals surface area contributed by atoms with E-state index in [2.05, 4.69) is 18.3 Å². The van der Waals surface area contributed by atoms with Crippen LogP contribution in [0.5, 0.6) is 5.75 Å². The molecular formula is C16H24ClNO. The van der Waals surface area contributed by atoms with Crippen molar-refractivity contribution >= 4 is 11.6 Å². The highest BCUT2D eigenvalue weighted by molar-refractivity contribution is 6.32. The summed E-state index contributed by atoms with van der Waals surface area (Å²) in [4.78, 5) is 0. The maximum atomic E-state index is 6.26. The van der Waals surface area contributed by atoms with Gasteiger partial charge in [-0.05, 0) is 56.8 Å². The number of hydrogen-bond acceptors (Lipinski definition) is 2. The third-order valence-corrected chi connectivity index (χ3v) is 4.02. The lowest BCUT2D eigenvalue weighted by atomic mass is 9.92. The van der Waals surface area contributed by atoms with E-state index in [4.69, 9.17) is 16.3 Å². The Balaban J connectivity index is 2.02. The van der Waals surface area contributed by atoms with Crippen molar-refractivity contribution in [1.29, 1.82) is 0 Å². The number of hydrogen-bond donors (Lipinski definition) is 1. The van der Waals surface area contributed by atoms with Crippen LogP contribution in [0.2, 0.25) is 5.02 Å². The van der Waals surface area contributed by atoms with Crippen LogP contribution in [0.1, 0.15) is 44.6 Å². The molecule has 2 rings (SSSR count). The molecule has 19 heavy (non-hydrogen) atoms. The second kappa shape index (κ2) is 7.16. The maximum absolute atomic E-state index is 6.26. The van der Waals surface area contributed by atoms with Gasteiger partial charge in [0.15, 0.2) is 0 Å². The molecule has 0 aromatic heterocycles. The van der Waals surface area contributed by atoms with Gasteiger partial charge >= 0.3 is 0 Å². The minimum absolute atomic E-state index is 0.250. The van der Waals surface area contributed by atoms with E-state index >= 15 is 0 Å². The van der Waals surface area contributed by atoms with Crippen molar-refractivity contribution in [2.24, 2.45) is 0 Å². The Morgan fingerprint density at radius 1 is 1.32 bits per heavy atom. The molecule has 1 aromatic rings. The second-order valence-electron chi connectivity index (χ2n) is 5.44. The molecule has 0 amide bonds. The zero-order valence-corrected chi connectivity index (χ0v) is 12.7. The fourth-order valence-corrected chi connectivity index (χ4v) is 2.95. The van der Waals surface area contributed by atoms with E-state index in [-0.39, 0.29) is 6.10 Å². The summed E-state index contributed by atoms with van der Waals surface area (Å²) in [7, 11) is 0. The topological polar surface area (TPSA) is 21.3 Å². The maximum Gasteiger partial charge on any atom is 0.138 e. The molecule has 1 fully saturated rings. The first-order valence-electron chi connectivity index (χ1n) is 7.37. The molecule has 2 unspecified atom stereocenters. The van der Waals surface area contributed by atoms with Crippen LogP contribution < -0.4 is 10.1 Å². The standard InChI is InChI=1S/C16H24ClNO/c1-3-10-18-14-6-4-5-7-16(14)19-15-9-8-12(2)11-13(15)17/h8-9,11,14,16,18H,3-7,10H2,1-2H3. The van der Waals surface area contributed by atoms with Gasteiger partial charge in [-0.25, -0.2) is 0 Å². The molecule has 0 spiro atoms. The van der Waals surface area contributed by atoms with Crippen molar-refractivity contribution in [2.75, 3.05) is 6.54 Å². The van der Waals surface area contributed by atoms with Gasteiger partial charge in [0.25, 0.3) is 0 Å². The van der Waals surface area contributed by atoms with Crippen LogP contribution in [0.25, 0.3) is 0 Å². The second-order valence-corrected chi connectivity index (χ2v) is 5.84. The van der Waals surface area contributed by atoms with Crippen molar-refractivity contribution < 1.29 is 4.74 Å². The number of benzene rings is 1. The van der Waals surface area contributed by atoms with Crippen molar-refractivity contribution in [1.82, 2.24) is 5.32 Å². The molecule has 2 nitrogen and oxygen atoms in total. The van der Waals surface area contributed by atoms with Crippen molar-refractivity contribution in [2.45, 2.75) is 58.1 Å². The summed E-state index contributed by atoms with van der Waals surface area (Å²) >= 11 is 6.26. The predicted molar refractivity (Wildman–Crippen MR) is 81.2 cm³/mol. The van der Waals surface area contributed by atoms with Crippen LogP contribution in [0.4, 0.5) is 0 Å². The van der Waals surface area contributed by atoms with Gasteiger partial charge in [0.2, 0.25) is 0 Å². The first-order valence-corrected chi connectivity index (χ1v) is 7.74. The summed E-state index contributed by atoms with van der Waals surface area (Å²) < 4.78 is 6.16. The van der Waals surface area contributed by atoms with E-state index in [1.54, 1.807) is 0 Å². The molecule has 0 bridgehead atoms. The first kappa shape index (κ1) is 14.7. The van der Waals surface area contributed by atoms with E-state index in [1.165, 1.54) is 24.8 Å². The molecule has 0 heterocycles. The molecule has 1 aromatic carbocycles. The molecule has 2 atom stereocenters. The molecule has 0 radical (unpaired) electrons. The number of ether oxygens (including phenoxy) is 1. The number of halogens is 1. The Morgan fingerprint density at radius 2 is 2.11 bits per heavy atom. The van der Waals surface area contributed by atoms with E-state index in [0.29, 0.717) is 6.04 Å². The van der Waals surface area contributed by atoms with Gasteiger partial charge in [-0.3, -0.25) is 0 Å². The zero-order chi connectivity index (χ0) is 13.7. The Bertz CT molecular complexity index is 408. The van der Waals surface area contributed by atoms with E-state index < -0.39 is 0 Å². The van der Waals surface area contributed by atoms with Gasteiger partial charge in [-0.1, -0.05) is 31.0 Å². The SMILES string of the molecule is CCCNC1CCCCC1Oc1ccc(C)cc1Cl. The fraction of sp³-hybridized carbons (Fsp3) is 0.625. The lowest BCUT2D eigenvalue weighted by Crippen LogP contribution is -2.45. The van der Waals surface area contributed by atoms with E-state index in [1.807, 2.05) is 19.1 Å². The van der Waals surface area contributed by atoms with Crippen LogP contribution in [0.3, 0.4) is 0 Å². The van der Waals surface area contributed by atoms with Crippen LogP contribution in [-0.2, 0) is 0 Å². The number of rotatable bonds is 5. The molecule has 1 N–H and O–H groups in total. The molecular weight excluding hydrogens is 258 g/mol. The molecule has 0 aliphatic heterocycles. The predicted octanol–water partition coefficient (Wildman–Crippen LogP) is 4.34. The summed E-state index contributed by atoms with van der Waals surface area (Å²) in [5.74, 6) is 0.822. The van der Waals surface area contributed by atoms with Crippen LogP contribution in [-0.4, -0.2) is 18.7 Å². The fourth-order valence-electron chi connectivity index (χ4n) is 2.67. The summed E-state index contributed by atoms with van der Waals surface area (Å²) in [6.07, 6.45) is 6.27. The summed E-state index contributed by atoms with van der Waals surface area (Å²) in [5, 5.41) is 4.33. The average molecular weight is 282 g/mol. The number of aryl methyl sites for hydroxylation is 1. The van der Waals surface area contributed by atoms with Crippen molar-refractivity contribution in [3.8, 4) is 5.75 Å². The van der Waals surface area contributed by atoms with Gasteiger partial charge in [0.05, 0.1) is 5.02 Å². The highest BCUT2D eigenvalue weighted by Gasteiger charge is 2.26. The summed E-state index contributed by atoms with van der Waals surface area (Å²) in [6, 6.07) is 6.47. The highest BCUT2D eigenvalue weighted by Crippen LogP contribution is 2.30. The van der Waals surface area contributed by atoms with Crippen LogP contribution >= 0.6 is 11.6 Å². The van der Waals surface area contributed by atoms with Gasteiger partial charge in [0, 0.05) is 6.04 Å². The molecule has 1 aliphatic carbocycles. The van der Waals surface area contributed by atoms with Crippen LogP contribution in [0.15, 0.2) is 18.2 Å². The van der Waals surface area contributed by atoms with Crippen molar-refractivity contribution in [3.05, 3.63) is 28.8 Å². The van der Waals surface area contributed by atoms with Gasteiger partial charge in [0.1, 0.15) is 11.9 Å².